The predicted molar refractivity (Wildman–Crippen MR) is 161 cm³/mol. The van der Waals surface area contributed by atoms with Crippen molar-refractivity contribution in [2.75, 3.05) is 26.2 Å². The summed E-state index contributed by atoms with van der Waals surface area (Å²) in [4.78, 5) is 10.8. The first-order valence-electron chi connectivity index (χ1n) is 13.3. The van der Waals surface area contributed by atoms with Crippen molar-refractivity contribution in [3.8, 4) is 11.5 Å². The van der Waals surface area contributed by atoms with Crippen LogP contribution in [0.5, 0.6) is 11.5 Å². The van der Waals surface area contributed by atoms with Gasteiger partial charge in [-0.1, -0.05) is 0 Å². The van der Waals surface area contributed by atoms with Gasteiger partial charge in [-0.05, 0) is 98.9 Å². The lowest BCUT2D eigenvalue weighted by atomic mass is 9.86. The number of aryl methyl sites for hydroxylation is 2. The van der Waals surface area contributed by atoms with Gasteiger partial charge in [-0.25, -0.2) is 4.39 Å². The van der Waals surface area contributed by atoms with E-state index in [0.29, 0.717) is 12.5 Å². The summed E-state index contributed by atoms with van der Waals surface area (Å²) in [6.45, 7) is 5.60. The molecule has 7 nitrogen and oxygen atoms in total. The third-order valence-corrected chi connectivity index (χ3v) is 8.08. The molecule has 2 atom stereocenters. The number of ether oxygens (including phenoxy) is 2. The average Bonchev–Trinajstić information content (AvgIpc) is 3.62. The van der Waals surface area contributed by atoms with Gasteiger partial charge in [0.25, 0.3) is 0 Å². The highest BCUT2D eigenvalue weighted by molar-refractivity contribution is 5.88. The Bertz CT molecular complexity index is 1460. The van der Waals surface area contributed by atoms with Gasteiger partial charge in [0.2, 0.25) is 0 Å². The maximum atomic E-state index is 14.0. The van der Waals surface area contributed by atoms with Gasteiger partial charge in [-0.15, -0.1) is 24.8 Å². The van der Waals surface area contributed by atoms with Crippen molar-refractivity contribution in [2.24, 2.45) is 11.8 Å². The monoisotopic (exact) mass is 593 g/mol. The minimum atomic E-state index is -0.158. The van der Waals surface area contributed by atoms with Gasteiger partial charge in [0.05, 0.1) is 5.52 Å². The molecule has 218 valence electrons. The molecule has 7 rings (SSSR count). The highest BCUT2D eigenvalue weighted by Gasteiger charge is 2.32. The van der Waals surface area contributed by atoms with Crippen molar-refractivity contribution in [1.29, 1.82) is 0 Å². The van der Waals surface area contributed by atoms with Gasteiger partial charge in [-0.3, -0.25) is 9.88 Å². The predicted octanol–water partition coefficient (Wildman–Crippen LogP) is 5.01. The standard InChI is InChI=1S/C30H32FN3O2.2ClH.2H2O/c1-18-2-7-23-26(32-18)10-11-29-30(23)36-22(17-35-29)16-34(14-19-3-4-19)15-20-5-8-27-24(12-20)25-13-21(31)6-9-28(25)33-27;;;;/h2,6-7,9-11,13,19-20,22,33H,3-5,8,12,14-17H2,1H3;2*1H;2*1H2/t20-,22+;;;;/m1..../s1. The molecule has 2 aromatic heterocycles. The van der Waals surface area contributed by atoms with Gasteiger partial charge in [0.1, 0.15) is 18.5 Å². The van der Waals surface area contributed by atoms with E-state index < -0.39 is 0 Å². The maximum absolute atomic E-state index is 14.0. The molecule has 0 amide bonds. The fourth-order valence-electron chi connectivity index (χ4n) is 6.13. The Kier molecular flexibility index (Phi) is 10.3. The Balaban J connectivity index is 0.00000110. The fourth-order valence-corrected chi connectivity index (χ4v) is 6.13. The van der Waals surface area contributed by atoms with Crippen molar-refractivity contribution in [3.63, 3.8) is 0 Å². The van der Waals surface area contributed by atoms with E-state index in [2.05, 4.69) is 20.9 Å². The molecular formula is C30H38Cl2FN3O4. The van der Waals surface area contributed by atoms with Crippen molar-refractivity contribution < 1.29 is 24.8 Å². The van der Waals surface area contributed by atoms with E-state index >= 15 is 0 Å². The van der Waals surface area contributed by atoms with Gasteiger partial charge < -0.3 is 25.4 Å². The van der Waals surface area contributed by atoms with Crippen LogP contribution in [0.15, 0.2) is 42.5 Å². The largest absolute Gasteiger partial charge is 0.486 e. The third kappa shape index (κ3) is 6.31. The van der Waals surface area contributed by atoms with Crippen LogP contribution in [0.3, 0.4) is 0 Å². The molecule has 10 heteroatoms. The molecule has 3 heterocycles. The zero-order valence-corrected chi connectivity index (χ0v) is 24.2. The van der Waals surface area contributed by atoms with Gasteiger partial charge in [0.15, 0.2) is 11.5 Å². The number of nitrogens with one attached hydrogen (secondary N) is 1. The normalized spacial score (nSPS) is 19.2. The van der Waals surface area contributed by atoms with Crippen LogP contribution in [-0.2, 0) is 12.8 Å². The Hall–Kier alpha value is -2.62. The maximum Gasteiger partial charge on any atom is 0.171 e. The number of H-pyrrole nitrogens is 1. The molecule has 4 aromatic rings. The molecule has 0 radical (unpaired) electrons. The van der Waals surface area contributed by atoms with E-state index in [1.807, 2.05) is 31.2 Å². The Labute approximate surface area is 245 Å². The summed E-state index contributed by atoms with van der Waals surface area (Å²) in [5.41, 5.74) is 5.60. The summed E-state index contributed by atoms with van der Waals surface area (Å²) < 4.78 is 26.7. The number of nitrogens with zero attached hydrogens (tertiary/aromatic N) is 2. The smallest absolute Gasteiger partial charge is 0.171 e. The molecule has 0 unspecified atom stereocenters. The van der Waals surface area contributed by atoms with Crippen LogP contribution in [0.4, 0.5) is 4.39 Å². The second-order valence-electron chi connectivity index (χ2n) is 11.0. The van der Waals surface area contributed by atoms with E-state index in [0.717, 1.165) is 83.8 Å². The highest BCUT2D eigenvalue weighted by Crippen LogP contribution is 2.39. The molecule has 3 aliphatic rings. The molecule has 1 fully saturated rings. The summed E-state index contributed by atoms with van der Waals surface area (Å²) in [5, 5.41) is 2.07. The number of aromatic nitrogens is 2. The first-order valence-corrected chi connectivity index (χ1v) is 13.3. The number of rotatable bonds is 6. The number of benzene rings is 2. The lowest BCUT2D eigenvalue weighted by molar-refractivity contribution is 0.0532. The van der Waals surface area contributed by atoms with Crippen molar-refractivity contribution in [2.45, 2.75) is 45.1 Å². The SMILES string of the molecule is Cc1ccc2c3c(ccc2n1)OC[C@H](CN(CC1CC1)C[C@@H]1CCc2[nH]c4ccc(F)cc4c2C1)O3.Cl.Cl.O.O. The Morgan fingerprint density at radius 1 is 0.950 bits per heavy atom. The Morgan fingerprint density at radius 3 is 2.55 bits per heavy atom. The van der Waals surface area contributed by atoms with Crippen LogP contribution < -0.4 is 9.47 Å². The topological polar surface area (TPSA) is 113 Å². The number of aromatic amines is 1. The molecule has 2 aliphatic carbocycles. The van der Waals surface area contributed by atoms with Gasteiger partial charge in [0, 0.05) is 47.3 Å². The molecule has 0 bridgehead atoms. The van der Waals surface area contributed by atoms with Gasteiger partial charge >= 0.3 is 0 Å². The molecular weight excluding hydrogens is 556 g/mol. The molecule has 2 aromatic carbocycles. The van der Waals surface area contributed by atoms with Crippen LogP contribution in [-0.4, -0.2) is 58.2 Å². The number of halogens is 3. The minimum Gasteiger partial charge on any atom is -0.486 e. The second kappa shape index (κ2) is 12.9. The quantitative estimate of drug-likeness (QED) is 0.338. The van der Waals surface area contributed by atoms with E-state index in [1.54, 1.807) is 12.1 Å². The summed E-state index contributed by atoms with van der Waals surface area (Å²) in [6, 6.07) is 13.2. The Morgan fingerprint density at radius 2 is 1.75 bits per heavy atom. The van der Waals surface area contributed by atoms with Gasteiger partial charge in [-0.2, -0.15) is 0 Å². The van der Waals surface area contributed by atoms with Crippen LogP contribution in [0, 0.1) is 24.6 Å². The van der Waals surface area contributed by atoms with Crippen molar-refractivity contribution in [1.82, 2.24) is 14.9 Å². The third-order valence-electron chi connectivity index (χ3n) is 8.08. The molecule has 1 saturated carbocycles. The number of hydrogen-bond donors (Lipinski definition) is 1. The zero-order valence-electron chi connectivity index (χ0n) is 22.5. The van der Waals surface area contributed by atoms with E-state index in [4.69, 9.17) is 9.47 Å². The first kappa shape index (κ1) is 31.9. The van der Waals surface area contributed by atoms with E-state index in [9.17, 15) is 4.39 Å². The lowest BCUT2D eigenvalue weighted by Crippen LogP contribution is -2.44. The van der Waals surface area contributed by atoms with E-state index in [1.165, 1.54) is 24.1 Å². The summed E-state index contributed by atoms with van der Waals surface area (Å²) >= 11 is 0. The summed E-state index contributed by atoms with van der Waals surface area (Å²) in [6.07, 6.45) is 5.83. The van der Waals surface area contributed by atoms with Crippen molar-refractivity contribution in [3.05, 3.63) is 65.2 Å². The number of pyridine rings is 1. The van der Waals surface area contributed by atoms with Crippen molar-refractivity contribution >= 4 is 46.6 Å². The summed E-state index contributed by atoms with van der Waals surface area (Å²) in [5.74, 6) is 2.84. The molecule has 1 aliphatic heterocycles. The van der Waals surface area contributed by atoms with Crippen LogP contribution in [0.25, 0.3) is 21.8 Å². The number of fused-ring (bicyclic) bond motifs is 6. The fraction of sp³-hybridized carbons (Fsp3) is 0.433. The molecule has 0 spiro atoms. The first-order chi connectivity index (χ1) is 17.6. The van der Waals surface area contributed by atoms with Crippen LogP contribution >= 0.6 is 24.8 Å². The highest BCUT2D eigenvalue weighted by atomic mass is 35.5. The lowest BCUT2D eigenvalue weighted by Gasteiger charge is -2.34. The zero-order chi connectivity index (χ0) is 24.2. The molecule has 0 saturated heterocycles. The second-order valence-corrected chi connectivity index (χ2v) is 11.0. The molecule has 5 N–H and O–H groups in total. The molecule has 40 heavy (non-hydrogen) atoms. The average molecular weight is 595 g/mol. The summed E-state index contributed by atoms with van der Waals surface area (Å²) in [7, 11) is 0. The minimum absolute atomic E-state index is 0. The number of hydrogen-bond acceptors (Lipinski definition) is 4. The van der Waals surface area contributed by atoms with E-state index in [-0.39, 0.29) is 47.7 Å². The van der Waals surface area contributed by atoms with Crippen LogP contribution in [0.1, 0.15) is 36.2 Å². The van der Waals surface area contributed by atoms with Crippen LogP contribution in [0.2, 0.25) is 0 Å².